The molecule has 0 radical (unpaired) electrons. The van der Waals surface area contributed by atoms with Crippen molar-refractivity contribution in [3.8, 4) is 0 Å². The summed E-state index contributed by atoms with van der Waals surface area (Å²) < 4.78 is 2.00. The number of amides is 1. The van der Waals surface area contributed by atoms with E-state index in [2.05, 4.69) is 31.6 Å². The molecule has 1 amide bonds. The zero-order valence-corrected chi connectivity index (χ0v) is 14.5. The lowest BCUT2D eigenvalue weighted by Gasteiger charge is -2.31. The predicted octanol–water partition coefficient (Wildman–Crippen LogP) is 1.46. The number of nitrogens with zero attached hydrogens (tertiary/aromatic N) is 6. The molecule has 0 atom stereocenters. The molecule has 2 aliphatic heterocycles. The first-order valence-electron chi connectivity index (χ1n) is 9.21. The van der Waals surface area contributed by atoms with Crippen LogP contribution in [-0.4, -0.2) is 67.1 Å². The lowest BCUT2D eigenvalue weighted by Crippen LogP contribution is -2.39. The van der Waals surface area contributed by atoms with E-state index in [1.54, 1.807) is 12.4 Å². The maximum absolute atomic E-state index is 12.4. The van der Waals surface area contributed by atoms with Gasteiger partial charge in [0.05, 0.1) is 29.7 Å². The number of carbonyl (C=O) groups excluding carboxylic acids is 1. The van der Waals surface area contributed by atoms with Gasteiger partial charge in [-0.15, -0.1) is 5.10 Å². The Kier molecular flexibility index (Phi) is 4.78. The highest BCUT2D eigenvalue weighted by Gasteiger charge is 2.26. The Hall–Kier alpha value is -2.22. The number of hydrogen-bond donors (Lipinski definition) is 1. The topological polar surface area (TPSA) is 82.9 Å². The minimum atomic E-state index is 0.0524. The molecule has 0 spiro atoms. The van der Waals surface area contributed by atoms with Crippen LogP contribution in [0.5, 0.6) is 0 Å². The summed E-state index contributed by atoms with van der Waals surface area (Å²) in [6, 6.07) is 0.330. The Labute approximate surface area is 147 Å². The molecule has 8 heteroatoms. The largest absolute Gasteiger partial charge is 0.338 e. The normalized spacial score (nSPS) is 20.1. The second kappa shape index (κ2) is 7.35. The van der Waals surface area contributed by atoms with Crippen molar-refractivity contribution in [2.24, 2.45) is 0 Å². The number of H-pyrrole nitrogens is 1. The molecule has 0 unspecified atom stereocenters. The van der Waals surface area contributed by atoms with E-state index in [1.165, 1.54) is 32.4 Å². The third kappa shape index (κ3) is 3.73. The number of rotatable bonds is 4. The third-order valence-electron chi connectivity index (χ3n) is 5.26. The van der Waals surface area contributed by atoms with Crippen LogP contribution in [0.15, 0.2) is 18.6 Å². The Morgan fingerprint density at radius 3 is 2.68 bits per heavy atom. The van der Waals surface area contributed by atoms with Crippen molar-refractivity contribution in [2.45, 2.75) is 44.7 Å². The minimum absolute atomic E-state index is 0.0524. The van der Waals surface area contributed by atoms with E-state index in [1.807, 2.05) is 9.58 Å². The van der Waals surface area contributed by atoms with Gasteiger partial charge in [-0.3, -0.25) is 14.8 Å². The smallest absolute Gasteiger partial charge is 0.257 e. The number of aromatic amines is 1. The summed E-state index contributed by atoms with van der Waals surface area (Å²) in [5.74, 6) is 0.0524. The standard InChI is InChI=1S/C17H25N7O/c25-17(14-10-18-19-11-14)23-8-4-16(5-9-23)24-13-15(20-21-24)12-22-6-2-1-3-7-22/h10-11,13,16H,1-9,12H2,(H,18,19). The zero-order valence-electron chi connectivity index (χ0n) is 14.5. The first kappa shape index (κ1) is 16.3. The number of aromatic nitrogens is 5. The molecule has 2 aromatic heterocycles. The molecule has 2 aliphatic rings. The number of carbonyl (C=O) groups is 1. The highest BCUT2D eigenvalue weighted by molar-refractivity contribution is 5.93. The van der Waals surface area contributed by atoms with Crippen molar-refractivity contribution in [3.05, 3.63) is 29.8 Å². The molecular weight excluding hydrogens is 318 g/mol. The highest BCUT2D eigenvalue weighted by Crippen LogP contribution is 2.23. The Balaban J connectivity index is 1.31. The van der Waals surface area contributed by atoms with Crippen LogP contribution in [0.4, 0.5) is 0 Å². The molecule has 1 N–H and O–H groups in total. The van der Waals surface area contributed by atoms with E-state index in [9.17, 15) is 4.79 Å². The van der Waals surface area contributed by atoms with Crippen LogP contribution in [0.2, 0.25) is 0 Å². The molecule has 4 heterocycles. The van der Waals surface area contributed by atoms with Gasteiger partial charge in [-0.05, 0) is 38.8 Å². The van der Waals surface area contributed by atoms with Crippen LogP contribution in [0.1, 0.15) is 54.2 Å². The Morgan fingerprint density at radius 2 is 1.96 bits per heavy atom. The molecule has 0 aliphatic carbocycles. The molecular formula is C17H25N7O. The lowest BCUT2D eigenvalue weighted by molar-refractivity contribution is 0.0689. The van der Waals surface area contributed by atoms with Crippen LogP contribution in [0.3, 0.4) is 0 Å². The van der Waals surface area contributed by atoms with Crippen LogP contribution in [0, 0.1) is 0 Å². The molecule has 0 saturated carbocycles. The average molecular weight is 343 g/mol. The van der Waals surface area contributed by atoms with Gasteiger partial charge in [0.15, 0.2) is 0 Å². The second-order valence-corrected chi connectivity index (χ2v) is 7.04. The maximum atomic E-state index is 12.4. The first-order valence-corrected chi connectivity index (χ1v) is 9.21. The van der Waals surface area contributed by atoms with Gasteiger partial charge in [-0.1, -0.05) is 11.6 Å². The SMILES string of the molecule is O=C(c1cn[nH]c1)N1CCC(n2cc(CN3CCCCC3)nn2)CC1. The summed E-state index contributed by atoms with van der Waals surface area (Å²) >= 11 is 0. The van der Waals surface area contributed by atoms with E-state index < -0.39 is 0 Å². The van der Waals surface area contributed by atoms with E-state index in [0.29, 0.717) is 11.6 Å². The summed E-state index contributed by atoms with van der Waals surface area (Å²) in [6.07, 6.45) is 11.1. The van der Waals surface area contributed by atoms with Crippen molar-refractivity contribution >= 4 is 5.91 Å². The summed E-state index contributed by atoms with van der Waals surface area (Å²) in [6.45, 7) is 4.73. The molecule has 4 rings (SSSR count). The van der Waals surface area contributed by atoms with E-state index in [0.717, 1.165) is 38.2 Å². The molecule has 0 bridgehead atoms. The second-order valence-electron chi connectivity index (χ2n) is 7.04. The highest BCUT2D eigenvalue weighted by atomic mass is 16.2. The van der Waals surface area contributed by atoms with Gasteiger partial charge in [-0.2, -0.15) is 5.10 Å². The minimum Gasteiger partial charge on any atom is -0.338 e. The molecule has 2 aromatic rings. The van der Waals surface area contributed by atoms with E-state index in [-0.39, 0.29) is 5.91 Å². The van der Waals surface area contributed by atoms with Crippen molar-refractivity contribution in [1.82, 2.24) is 35.0 Å². The summed E-state index contributed by atoms with van der Waals surface area (Å²) in [5, 5.41) is 15.3. The van der Waals surface area contributed by atoms with Crippen molar-refractivity contribution in [2.75, 3.05) is 26.2 Å². The quantitative estimate of drug-likeness (QED) is 0.909. The molecule has 0 aromatic carbocycles. The zero-order chi connectivity index (χ0) is 17.1. The molecule has 8 nitrogen and oxygen atoms in total. The average Bonchev–Trinajstić information content (AvgIpc) is 3.34. The predicted molar refractivity (Wildman–Crippen MR) is 91.9 cm³/mol. The number of hydrogen-bond acceptors (Lipinski definition) is 5. The monoisotopic (exact) mass is 343 g/mol. The van der Waals surface area contributed by atoms with Crippen LogP contribution in [-0.2, 0) is 6.54 Å². The number of likely N-dealkylation sites (tertiary alicyclic amines) is 2. The van der Waals surface area contributed by atoms with Crippen molar-refractivity contribution < 1.29 is 4.79 Å². The van der Waals surface area contributed by atoms with E-state index >= 15 is 0 Å². The van der Waals surface area contributed by atoms with Gasteiger partial charge < -0.3 is 4.90 Å². The van der Waals surface area contributed by atoms with Crippen molar-refractivity contribution in [3.63, 3.8) is 0 Å². The van der Waals surface area contributed by atoms with Gasteiger partial charge >= 0.3 is 0 Å². The fraction of sp³-hybridized carbons (Fsp3) is 0.647. The van der Waals surface area contributed by atoms with Gasteiger partial charge in [0.25, 0.3) is 5.91 Å². The fourth-order valence-electron chi connectivity index (χ4n) is 3.79. The number of piperidine rings is 2. The van der Waals surface area contributed by atoms with Gasteiger partial charge in [0.1, 0.15) is 0 Å². The molecule has 2 fully saturated rings. The van der Waals surface area contributed by atoms with Crippen molar-refractivity contribution in [1.29, 1.82) is 0 Å². The Bertz CT molecular complexity index is 682. The third-order valence-corrected chi connectivity index (χ3v) is 5.26. The molecule has 2 saturated heterocycles. The molecule has 134 valence electrons. The van der Waals surface area contributed by atoms with Crippen LogP contribution < -0.4 is 0 Å². The van der Waals surface area contributed by atoms with E-state index in [4.69, 9.17) is 0 Å². The summed E-state index contributed by atoms with van der Waals surface area (Å²) in [5.41, 5.74) is 1.68. The Morgan fingerprint density at radius 1 is 1.16 bits per heavy atom. The van der Waals surface area contributed by atoms with Gasteiger partial charge in [0.2, 0.25) is 0 Å². The summed E-state index contributed by atoms with van der Waals surface area (Å²) in [7, 11) is 0. The van der Waals surface area contributed by atoms with Crippen LogP contribution >= 0.6 is 0 Å². The summed E-state index contributed by atoms with van der Waals surface area (Å²) in [4.78, 5) is 16.7. The first-order chi connectivity index (χ1) is 12.3. The number of nitrogens with one attached hydrogen (secondary N) is 1. The van der Waals surface area contributed by atoms with Gasteiger partial charge in [0, 0.05) is 25.8 Å². The van der Waals surface area contributed by atoms with Crippen LogP contribution in [0.25, 0.3) is 0 Å². The fourth-order valence-corrected chi connectivity index (χ4v) is 3.79. The maximum Gasteiger partial charge on any atom is 0.257 e. The van der Waals surface area contributed by atoms with Gasteiger partial charge in [-0.25, -0.2) is 4.68 Å². The lowest BCUT2D eigenvalue weighted by atomic mass is 10.0. The molecule has 25 heavy (non-hydrogen) atoms.